The minimum atomic E-state index is -0.289. The first-order valence-corrected chi connectivity index (χ1v) is 37.5. The molecule has 0 radical (unpaired) electrons. The molecule has 8 atom stereocenters. The Morgan fingerprint density at radius 1 is 0.455 bits per heavy atom. The number of nitrogens with zero attached hydrogens (tertiary/aromatic N) is 18. The Morgan fingerprint density at radius 2 is 0.899 bits per heavy atom. The number of benzene rings is 3. The maximum Gasteiger partial charge on any atom is 0.227 e. The lowest BCUT2D eigenvalue weighted by Crippen LogP contribution is -2.55. The van der Waals surface area contributed by atoms with E-state index in [0.717, 1.165) is 184 Å². The van der Waals surface area contributed by atoms with Gasteiger partial charge in [0.1, 0.15) is 11.3 Å². The van der Waals surface area contributed by atoms with Crippen molar-refractivity contribution in [2.45, 2.75) is 84.3 Å². The number of aliphatic hydroxyl groups is 3. The van der Waals surface area contributed by atoms with Crippen LogP contribution in [0.5, 0.6) is 0 Å². The molecule has 0 aliphatic carbocycles. The Kier molecular flexibility index (Phi) is 20.3. The third-order valence-corrected chi connectivity index (χ3v) is 24.3. The lowest BCUT2D eigenvalue weighted by atomic mass is 9.75. The quantitative estimate of drug-likeness (QED) is 0.0576. The number of anilines is 3. The second kappa shape index (κ2) is 29.2. The summed E-state index contributed by atoms with van der Waals surface area (Å²) in [5, 5.41) is 51.3. The molecule has 3 aromatic carbocycles. The maximum absolute atomic E-state index is 10.5. The highest BCUT2D eigenvalue weighted by atomic mass is 35.5. The second-order valence-electron chi connectivity index (χ2n) is 29.1. The summed E-state index contributed by atoms with van der Waals surface area (Å²) in [6.45, 7) is 20.9. The lowest BCUT2D eigenvalue weighted by molar-refractivity contribution is 0.0601. The van der Waals surface area contributed by atoms with Crippen LogP contribution in [0.3, 0.4) is 0 Å². The van der Waals surface area contributed by atoms with E-state index >= 15 is 0 Å². The second-order valence-corrected chi connectivity index (χ2v) is 31.6. The van der Waals surface area contributed by atoms with Crippen LogP contribution in [-0.2, 0) is 0 Å². The Balaban J connectivity index is 0.652. The van der Waals surface area contributed by atoms with E-state index in [0.29, 0.717) is 96.3 Å². The summed E-state index contributed by atoms with van der Waals surface area (Å²) in [5.74, 6) is 5.26. The fourth-order valence-corrected chi connectivity index (χ4v) is 19.0. The van der Waals surface area contributed by atoms with Crippen LogP contribution in [0.2, 0.25) is 30.1 Å². The number of aliphatic hydroxyl groups excluding tert-OH is 3. The van der Waals surface area contributed by atoms with Crippen molar-refractivity contribution in [1.29, 1.82) is 0 Å². The number of fused-ring (bicyclic) bond motifs is 3. The molecule has 6 fully saturated rings. The first-order chi connectivity index (χ1) is 47.9. The highest BCUT2D eigenvalue weighted by Gasteiger charge is 2.44. The number of likely N-dealkylation sites (tertiary alicyclic amines) is 3. The predicted molar refractivity (Wildman–Crippen MR) is 392 cm³/mol. The number of aryl methyl sites for hydroxylation is 3. The molecular formula is C72H86Cl6N18O3. The van der Waals surface area contributed by atoms with Gasteiger partial charge in [0.05, 0.1) is 72.0 Å². The third kappa shape index (κ3) is 14.0. The van der Waals surface area contributed by atoms with E-state index in [1.807, 2.05) is 92.6 Å². The average molecular weight is 1460 g/mol. The molecule has 2 unspecified atom stereocenters. The Morgan fingerprint density at radius 3 is 1.38 bits per heavy atom. The van der Waals surface area contributed by atoms with Gasteiger partial charge < -0.3 is 44.7 Å². The van der Waals surface area contributed by atoms with Gasteiger partial charge in [0.15, 0.2) is 16.9 Å². The first-order valence-electron chi connectivity index (χ1n) is 35.2. The van der Waals surface area contributed by atoms with E-state index in [9.17, 15) is 15.3 Å². The van der Waals surface area contributed by atoms with Gasteiger partial charge in [-0.25, -0.2) is 34.0 Å². The molecule has 0 amide bonds. The van der Waals surface area contributed by atoms with Crippen molar-refractivity contribution >= 4 is 121 Å². The molecular weight excluding hydrogens is 1380 g/mol. The molecule has 12 heterocycles. The van der Waals surface area contributed by atoms with Crippen LogP contribution < -0.4 is 14.7 Å². The monoisotopic (exact) mass is 1460 g/mol. The number of hydrogen-bond acceptors (Lipinski definition) is 18. The van der Waals surface area contributed by atoms with E-state index in [1.165, 1.54) is 6.42 Å². The lowest BCUT2D eigenvalue weighted by Gasteiger charge is -2.49. The molecule has 6 aromatic heterocycles. The fraction of sp³-hybridized carbons (Fsp3) is 0.542. The highest BCUT2D eigenvalue weighted by molar-refractivity contribution is 6.36. The SMILES string of the molecule is Cc1nn([C@H](CC2C[C@H](C3CN(c4ncc5c(C)nn([C@H](CC6C[C@@H](C7CN(c8cnc9c(C)nn([C@H](C)c%10ccc(Cl)cc%10Cl)c9n8)C7)CN(CCO)C6)c6ccc(Cl)cc6Cl)c5n4)C3)CN(CCO)C2)c2ccc(Cl)cc2Cl)c2nc(N3CC([C@@H]4CCCN(CCO)C4)C3)ncc12. The summed E-state index contributed by atoms with van der Waals surface area (Å²) in [6.07, 6.45) is 11.6. The molecule has 0 spiro atoms. The van der Waals surface area contributed by atoms with Gasteiger partial charge in [0, 0.05) is 134 Å². The molecule has 0 saturated carbocycles. The van der Waals surface area contributed by atoms with Crippen molar-refractivity contribution in [3.63, 3.8) is 0 Å². The largest absolute Gasteiger partial charge is 0.395 e. The van der Waals surface area contributed by atoms with Gasteiger partial charge in [-0.3, -0.25) is 0 Å². The number of hydrogen-bond donors (Lipinski definition) is 3. The van der Waals surface area contributed by atoms with E-state index in [-0.39, 0.29) is 49.8 Å². The molecule has 3 N–H and O–H groups in total. The van der Waals surface area contributed by atoms with Gasteiger partial charge in [-0.05, 0) is 173 Å². The zero-order chi connectivity index (χ0) is 68.5. The Bertz CT molecular complexity index is 4400. The van der Waals surface area contributed by atoms with Gasteiger partial charge in [0.25, 0.3) is 0 Å². The zero-order valence-electron chi connectivity index (χ0n) is 56.4. The summed E-state index contributed by atoms with van der Waals surface area (Å²) < 4.78 is 6.09. The average Bonchev–Trinajstić information content (AvgIpc) is 1.69. The molecule has 524 valence electrons. The van der Waals surface area contributed by atoms with Crippen LogP contribution in [0.25, 0.3) is 33.2 Å². The standard InChI is InChI=1S/C72H86Cl6N18O3/c1-41-59-27-80-71(92-37-50(38-92)47-6-5-13-88(32-47)14-17-97)83-68(59)95(85-41)65(58-12-9-55(75)26-63(58)78)23-46-21-49(34-90(31-46)16-19-99)52-39-93(40-52)72-81-28-60-42(2)86-96(69(60)84-72)64(57-11-8-54(74)25-62(57)77)22-45-20-48(33-89(30-45)15-18-98)51-35-91(36-51)66-29-79-67-43(3)87-94(70(67)82-66)44(4)56-10-7-53(73)24-61(56)76/h7-12,24-29,44-52,64-65,97-99H,5-6,13-23,30-40H2,1-4H3/t44-,45?,46?,47-,48-,49+,64-,65-/m1/s1. The first kappa shape index (κ1) is 69.0. The van der Waals surface area contributed by atoms with E-state index < -0.39 is 0 Å². The minimum absolute atomic E-state index is 0.0708. The van der Waals surface area contributed by atoms with Crippen LogP contribution in [0.1, 0.15) is 97.3 Å². The molecule has 15 rings (SSSR count). The molecule has 27 heteroatoms. The van der Waals surface area contributed by atoms with Gasteiger partial charge in [-0.15, -0.1) is 0 Å². The molecule has 6 aliphatic rings. The van der Waals surface area contributed by atoms with Crippen molar-refractivity contribution in [3.05, 3.63) is 137 Å². The van der Waals surface area contributed by atoms with E-state index in [1.54, 1.807) is 6.07 Å². The van der Waals surface area contributed by atoms with Gasteiger partial charge in [-0.2, -0.15) is 25.3 Å². The number of rotatable bonds is 22. The van der Waals surface area contributed by atoms with Gasteiger partial charge >= 0.3 is 0 Å². The predicted octanol–water partition coefficient (Wildman–Crippen LogP) is 11.8. The van der Waals surface area contributed by atoms with Gasteiger partial charge in [-0.1, -0.05) is 87.8 Å². The molecule has 6 saturated heterocycles. The highest BCUT2D eigenvalue weighted by Crippen LogP contribution is 2.45. The topological polar surface area (TPSA) is 211 Å². The van der Waals surface area contributed by atoms with E-state index in [2.05, 4.69) is 45.7 Å². The molecule has 21 nitrogen and oxygen atoms in total. The smallest absolute Gasteiger partial charge is 0.227 e. The summed E-state index contributed by atoms with van der Waals surface area (Å²) >= 11 is 40.7. The van der Waals surface area contributed by atoms with Crippen molar-refractivity contribution in [1.82, 2.24) is 73.9 Å². The van der Waals surface area contributed by atoms with Crippen LogP contribution in [0.4, 0.5) is 17.7 Å². The van der Waals surface area contributed by atoms with Crippen molar-refractivity contribution < 1.29 is 15.3 Å². The van der Waals surface area contributed by atoms with Crippen LogP contribution in [0, 0.1) is 68.1 Å². The summed E-state index contributed by atoms with van der Waals surface area (Å²) in [5.41, 5.74) is 8.27. The fourth-order valence-electron chi connectivity index (χ4n) is 17.3. The normalized spacial score (nSPS) is 22.8. The molecule has 99 heavy (non-hydrogen) atoms. The zero-order valence-corrected chi connectivity index (χ0v) is 60.9. The summed E-state index contributed by atoms with van der Waals surface area (Å²) in [6, 6.07) is 16.3. The summed E-state index contributed by atoms with van der Waals surface area (Å²) in [7, 11) is 0. The van der Waals surface area contributed by atoms with Gasteiger partial charge in [0.2, 0.25) is 11.9 Å². The number of β-amino-alcohol motifs (C(OH)–C–C–N with tert-alkyl or cyclic N) is 3. The molecule has 6 aliphatic heterocycles. The maximum atomic E-state index is 10.5. The van der Waals surface area contributed by atoms with Crippen molar-refractivity contribution in [2.24, 2.45) is 47.3 Å². The number of aromatic nitrogens is 12. The number of halogens is 6. The van der Waals surface area contributed by atoms with Crippen LogP contribution >= 0.6 is 69.6 Å². The minimum Gasteiger partial charge on any atom is -0.395 e. The van der Waals surface area contributed by atoms with Crippen molar-refractivity contribution in [3.8, 4) is 0 Å². The van der Waals surface area contributed by atoms with Crippen molar-refractivity contribution in [2.75, 3.05) is 133 Å². The Labute approximate surface area is 607 Å². The Hall–Kier alpha value is -5.79. The summed E-state index contributed by atoms with van der Waals surface area (Å²) in [4.78, 5) is 45.0. The van der Waals surface area contributed by atoms with Crippen LogP contribution in [0.15, 0.2) is 73.2 Å². The third-order valence-electron chi connectivity index (χ3n) is 22.6. The van der Waals surface area contributed by atoms with Crippen LogP contribution in [-0.4, -0.2) is 207 Å². The molecule has 0 bridgehead atoms. The van der Waals surface area contributed by atoms with E-state index in [4.69, 9.17) is 115 Å². The molecule has 9 aromatic rings. The number of piperidine rings is 3.